The van der Waals surface area contributed by atoms with Gasteiger partial charge in [-0.2, -0.15) is 0 Å². The smallest absolute Gasteiger partial charge is 0.311 e. The summed E-state index contributed by atoms with van der Waals surface area (Å²) in [6.07, 6.45) is 0.439. The second-order valence-corrected chi connectivity index (χ2v) is 6.18. The van der Waals surface area contributed by atoms with Crippen molar-refractivity contribution in [3.05, 3.63) is 22.2 Å². The summed E-state index contributed by atoms with van der Waals surface area (Å²) in [5, 5.41) is 0. The first-order chi connectivity index (χ1) is 9.78. The molecule has 0 fully saturated rings. The molecule has 1 aromatic rings. The minimum absolute atomic E-state index is 0.288. The van der Waals surface area contributed by atoms with Crippen molar-refractivity contribution in [1.82, 2.24) is 0 Å². The largest absolute Gasteiger partial charge is 0.495 e. The molecule has 1 aromatic carbocycles. The Morgan fingerprint density at radius 2 is 1.90 bits per heavy atom. The SMILES string of the molecule is COC(=O)C(C)(C)CC(N)c1ccc(OC)c(Br)c1OC. The van der Waals surface area contributed by atoms with E-state index in [0.29, 0.717) is 22.4 Å². The normalized spacial score (nSPS) is 12.7. The van der Waals surface area contributed by atoms with Crippen LogP contribution < -0.4 is 15.2 Å². The van der Waals surface area contributed by atoms with Gasteiger partial charge in [0.1, 0.15) is 16.0 Å². The highest BCUT2D eigenvalue weighted by Crippen LogP contribution is 2.41. The van der Waals surface area contributed by atoms with Crippen LogP contribution in [0.3, 0.4) is 0 Å². The van der Waals surface area contributed by atoms with E-state index < -0.39 is 5.41 Å². The van der Waals surface area contributed by atoms with Crippen molar-refractivity contribution in [2.45, 2.75) is 26.3 Å². The number of methoxy groups -OCH3 is 3. The quantitative estimate of drug-likeness (QED) is 0.790. The molecule has 0 aliphatic heterocycles. The topological polar surface area (TPSA) is 70.8 Å². The van der Waals surface area contributed by atoms with Crippen LogP contribution in [0, 0.1) is 5.41 Å². The Morgan fingerprint density at radius 3 is 2.38 bits per heavy atom. The van der Waals surface area contributed by atoms with Gasteiger partial charge < -0.3 is 19.9 Å². The first-order valence-corrected chi connectivity index (χ1v) is 7.32. The molecule has 1 unspecified atom stereocenters. The van der Waals surface area contributed by atoms with Crippen LogP contribution in [-0.2, 0) is 9.53 Å². The van der Waals surface area contributed by atoms with Crippen molar-refractivity contribution in [3.8, 4) is 11.5 Å². The maximum atomic E-state index is 11.8. The van der Waals surface area contributed by atoms with Crippen molar-refractivity contribution >= 4 is 21.9 Å². The van der Waals surface area contributed by atoms with Gasteiger partial charge in [0.05, 0.1) is 26.7 Å². The zero-order valence-corrected chi connectivity index (χ0v) is 14.6. The molecule has 0 bridgehead atoms. The Labute approximate surface area is 133 Å². The molecule has 0 aliphatic carbocycles. The lowest BCUT2D eigenvalue weighted by Gasteiger charge is -2.26. The van der Waals surface area contributed by atoms with Crippen molar-refractivity contribution in [2.75, 3.05) is 21.3 Å². The Kier molecular flexibility index (Phi) is 6.04. The zero-order chi connectivity index (χ0) is 16.2. The molecule has 0 amide bonds. The fraction of sp³-hybridized carbons (Fsp3) is 0.533. The molecule has 6 heteroatoms. The molecule has 0 saturated heterocycles. The van der Waals surface area contributed by atoms with E-state index in [2.05, 4.69) is 15.9 Å². The van der Waals surface area contributed by atoms with E-state index in [1.54, 1.807) is 14.2 Å². The van der Waals surface area contributed by atoms with Gasteiger partial charge in [0.15, 0.2) is 0 Å². The summed E-state index contributed by atoms with van der Waals surface area (Å²) >= 11 is 3.45. The Balaban J connectivity index is 3.11. The number of carbonyl (C=O) groups excluding carboxylic acids is 1. The van der Waals surface area contributed by atoms with Crippen molar-refractivity contribution in [3.63, 3.8) is 0 Å². The number of nitrogens with two attached hydrogens (primary N) is 1. The molecule has 0 heterocycles. The van der Waals surface area contributed by atoms with E-state index >= 15 is 0 Å². The molecule has 1 rings (SSSR count). The lowest BCUT2D eigenvalue weighted by atomic mass is 9.83. The van der Waals surface area contributed by atoms with Crippen LogP contribution in [0.1, 0.15) is 31.9 Å². The summed E-state index contributed by atoms with van der Waals surface area (Å²) < 4.78 is 16.2. The summed E-state index contributed by atoms with van der Waals surface area (Å²) in [4.78, 5) is 11.8. The molecule has 0 aromatic heterocycles. The standard InChI is InChI=1S/C15H22BrNO4/c1-15(2,14(18)21-5)8-10(17)9-6-7-11(19-3)12(16)13(9)20-4/h6-7,10H,8,17H2,1-5H3. The zero-order valence-electron chi connectivity index (χ0n) is 13.0. The highest BCUT2D eigenvalue weighted by atomic mass is 79.9. The van der Waals surface area contributed by atoms with Gasteiger partial charge in [-0.1, -0.05) is 0 Å². The van der Waals surface area contributed by atoms with E-state index in [4.69, 9.17) is 19.9 Å². The predicted octanol–water partition coefficient (Wildman–Crippen LogP) is 3.06. The number of halogens is 1. The second-order valence-electron chi connectivity index (χ2n) is 5.39. The first-order valence-electron chi connectivity index (χ1n) is 6.52. The fourth-order valence-corrected chi connectivity index (χ4v) is 2.91. The van der Waals surface area contributed by atoms with Gasteiger partial charge in [-0.25, -0.2) is 0 Å². The van der Waals surface area contributed by atoms with E-state index in [-0.39, 0.29) is 12.0 Å². The number of hydrogen-bond acceptors (Lipinski definition) is 5. The molecule has 0 radical (unpaired) electrons. The minimum Gasteiger partial charge on any atom is -0.495 e. The second kappa shape index (κ2) is 7.13. The maximum absolute atomic E-state index is 11.8. The van der Waals surface area contributed by atoms with Gasteiger partial charge >= 0.3 is 5.97 Å². The molecule has 118 valence electrons. The van der Waals surface area contributed by atoms with Crippen molar-refractivity contribution in [1.29, 1.82) is 0 Å². The van der Waals surface area contributed by atoms with E-state index in [0.717, 1.165) is 5.56 Å². The third kappa shape index (κ3) is 3.89. The van der Waals surface area contributed by atoms with Crippen LogP contribution >= 0.6 is 15.9 Å². The molecule has 0 saturated carbocycles. The predicted molar refractivity (Wildman–Crippen MR) is 84.6 cm³/mol. The highest BCUT2D eigenvalue weighted by molar-refractivity contribution is 9.10. The minimum atomic E-state index is -0.675. The molecular formula is C15H22BrNO4. The van der Waals surface area contributed by atoms with E-state index in [1.807, 2.05) is 26.0 Å². The van der Waals surface area contributed by atoms with Gasteiger partial charge in [0, 0.05) is 11.6 Å². The van der Waals surface area contributed by atoms with Crippen molar-refractivity contribution < 1.29 is 19.0 Å². The monoisotopic (exact) mass is 359 g/mol. The summed E-state index contributed by atoms with van der Waals surface area (Å²) in [6.45, 7) is 3.62. The lowest BCUT2D eigenvalue weighted by molar-refractivity contribution is -0.151. The van der Waals surface area contributed by atoms with Gasteiger partial charge in [-0.3, -0.25) is 4.79 Å². The number of hydrogen-bond donors (Lipinski definition) is 1. The molecule has 1 atom stereocenters. The summed E-state index contributed by atoms with van der Waals surface area (Å²) in [6, 6.07) is 3.30. The van der Waals surface area contributed by atoms with E-state index in [1.165, 1.54) is 7.11 Å². The molecule has 0 spiro atoms. The number of ether oxygens (including phenoxy) is 3. The average Bonchev–Trinajstić information content (AvgIpc) is 2.45. The highest BCUT2D eigenvalue weighted by Gasteiger charge is 2.32. The summed E-state index contributed by atoms with van der Waals surface area (Å²) in [5.41, 5.74) is 6.39. The molecule has 0 aliphatic rings. The van der Waals surface area contributed by atoms with Gasteiger partial charge in [0.2, 0.25) is 0 Å². The van der Waals surface area contributed by atoms with Crippen LogP contribution in [0.15, 0.2) is 16.6 Å². The number of carbonyl (C=O) groups is 1. The van der Waals surface area contributed by atoms with Crippen molar-refractivity contribution in [2.24, 2.45) is 11.1 Å². The Bertz CT molecular complexity index is 517. The van der Waals surface area contributed by atoms with Crippen LogP contribution in [-0.4, -0.2) is 27.3 Å². The van der Waals surface area contributed by atoms with Crippen LogP contribution in [0.5, 0.6) is 11.5 Å². The third-order valence-electron chi connectivity index (χ3n) is 3.38. The number of esters is 1. The van der Waals surface area contributed by atoms with Crippen LogP contribution in [0.2, 0.25) is 0 Å². The Morgan fingerprint density at radius 1 is 1.29 bits per heavy atom. The number of rotatable bonds is 6. The van der Waals surface area contributed by atoms with E-state index in [9.17, 15) is 4.79 Å². The fourth-order valence-electron chi connectivity index (χ4n) is 2.23. The van der Waals surface area contributed by atoms with Gasteiger partial charge in [-0.05, 0) is 48.3 Å². The molecule has 2 N–H and O–H groups in total. The summed E-state index contributed by atoms with van der Waals surface area (Å²) in [7, 11) is 4.53. The number of benzene rings is 1. The van der Waals surface area contributed by atoms with Crippen LogP contribution in [0.25, 0.3) is 0 Å². The van der Waals surface area contributed by atoms with Crippen LogP contribution in [0.4, 0.5) is 0 Å². The first kappa shape index (κ1) is 17.8. The Hall–Kier alpha value is -1.27. The van der Waals surface area contributed by atoms with Gasteiger partial charge in [-0.15, -0.1) is 0 Å². The summed E-state index contributed by atoms with van der Waals surface area (Å²) in [5.74, 6) is 0.988. The van der Waals surface area contributed by atoms with Gasteiger partial charge in [0.25, 0.3) is 0 Å². The average molecular weight is 360 g/mol. The molecular weight excluding hydrogens is 338 g/mol. The molecule has 5 nitrogen and oxygen atoms in total. The maximum Gasteiger partial charge on any atom is 0.311 e. The lowest BCUT2D eigenvalue weighted by Crippen LogP contribution is -2.30. The third-order valence-corrected chi connectivity index (χ3v) is 4.13. The molecule has 21 heavy (non-hydrogen) atoms.